The number of nitrogens with zero attached hydrogens (tertiary/aromatic N) is 1. The quantitative estimate of drug-likeness (QED) is 0.814. The van der Waals surface area contributed by atoms with Crippen molar-refractivity contribution in [1.82, 2.24) is 5.32 Å². The van der Waals surface area contributed by atoms with E-state index in [1.54, 1.807) is 24.3 Å². The lowest BCUT2D eigenvalue weighted by molar-refractivity contribution is -0.123. The number of anilines is 2. The number of rotatable bonds is 2. The van der Waals surface area contributed by atoms with E-state index >= 15 is 0 Å². The van der Waals surface area contributed by atoms with Gasteiger partial charge in [0.15, 0.2) is 0 Å². The van der Waals surface area contributed by atoms with E-state index in [0.717, 1.165) is 6.42 Å². The highest BCUT2D eigenvalue weighted by molar-refractivity contribution is 6.16. The van der Waals surface area contributed by atoms with Crippen LogP contribution in [0.5, 0.6) is 0 Å². The molecule has 20 heavy (non-hydrogen) atoms. The fourth-order valence-corrected chi connectivity index (χ4v) is 2.47. The Labute approximate surface area is 119 Å². The molecule has 3 N–H and O–H groups in total. The van der Waals surface area contributed by atoms with Crippen molar-refractivity contribution in [3.05, 3.63) is 24.3 Å². The molecule has 1 aromatic rings. The first-order valence-corrected chi connectivity index (χ1v) is 6.75. The maximum Gasteiger partial charge on any atom is 0.328 e. The minimum Gasteiger partial charge on any atom is -0.399 e. The van der Waals surface area contributed by atoms with Crippen molar-refractivity contribution in [3.63, 3.8) is 0 Å². The van der Waals surface area contributed by atoms with Crippen LogP contribution in [0.2, 0.25) is 0 Å². The molecule has 0 radical (unpaired) electrons. The average Bonchev–Trinajstić information content (AvgIpc) is 2.32. The molecule has 0 aliphatic carbocycles. The number of amides is 3. The third-order valence-electron chi connectivity index (χ3n) is 3.26. The van der Waals surface area contributed by atoms with Crippen LogP contribution in [0.25, 0.3) is 0 Å². The van der Waals surface area contributed by atoms with Gasteiger partial charge in [-0.1, -0.05) is 26.8 Å². The van der Waals surface area contributed by atoms with Gasteiger partial charge in [0.1, 0.15) is 0 Å². The Hall–Kier alpha value is -2.04. The predicted molar refractivity (Wildman–Crippen MR) is 79.3 cm³/mol. The van der Waals surface area contributed by atoms with Gasteiger partial charge in [-0.25, -0.2) is 9.69 Å². The van der Waals surface area contributed by atoms with Crippen molar-refractivity contribution in [2.45, 2.75) is 27.2 Å². The molecule has 1 atom stereocenters. The molecule has 2 rings (SSSR count). The zero-order chi connectivity index (χ0) is 14.9. The molecule has 1 heterocycles. The molecule has 1 aliphatic heterocycles. The monoisotopic (exact) mass is 275 g/mol. The smallest absolute Gasteiger partial charge is 0.328 e. The van der Waals surface area contributed by atoms with Crippen molar-refractivity contribution in [2.75, 3.05) is 17.2 Å². The van der Waals surface area contributed by atoms with E-state index in [-0.39, 0.29) is 23.3 Å². The van der Waals surface area contributed by atoms with Crippen molar-refractivity contribution in [1.29, 1.82) is 0 Å². The van der Waals surface area contributed by atoms with Gasteiger partial charge in [-0.2, -0.15) is 0 Å². The molecule has 3 amide bonds. The third-order valence-corrected chi connectivity index (χ3v) is 3.26. The first-order valence-electron chi connectivity index (χ1n) is 6.75. The molecule has 1 aromatic carbocycles. The molecule has 1 saturated heterocycles. The Morgan fingerprint density at radius 1 is 1.35 bits per heavy atom. The molecular formula is C15H21N3O2. The second-order valence-corrected chi connectivity index (χ2v) is 6.42. The number of urea groups is 1. The van der Waals surface area contributed by atoms with E-state index in [1.807, 2.05) is 0 Å². The molecule has 108 valence electrons. The molecule has 5 heteroatoms. The summed E-state index contributed by atoms with van der Waals surface area (Å²) in [5, 5.41) is 2.78. The van der Waals surface area contributed by atoms with Crippen LogP contribution in [0.3, 0.4) is 0 Å². The second-order valence-electron chi connectivity index (χ2n) is 6.42. The zero-order valence-corrected chi connectivity index (χ0v) is 12.1. The number of nitrogens with two attached hydrogens (primary N) is 1. The molecule has 0 spiro atoms. The first-order chi connectivity index (χ1) is 9.28. The zero-order valence-electron chi connectivity index (χ0n) is 12.1. The van der Waals surface area contributed by atoms with Crippen molar-refractivity contribution >= 4 is 23.3 Å². The lowest BCUT2D eigenvalue weighted by atomic mass is 9.83. The van der Waals surface area contributed by atoms with Crippen molar-refractivity contribution in [2.24, 2.45) is 11.3 Å². The second kappa shape index (κ2) is 5.15. The Morgan fingerprint density at radius 2 is 2.05 bits per heavy atom. The predicted octanol–water partition coefficient (Wildman–Crippen LogP) is 2.38. The van der Waals surface area contributed by atoms with Crippen LogP contribution in [0.15, 0.2) is 24.3 Å². The summed E-state index contributed by atoms with van der Waals surface area (Å²) >= 11 is 0. The topological polar surface area (TPSA) is 75.4 Å². The van der Waals surface area contributed by atoms with Crippen LogP contribution in [0.4, 0.5) is 16.2 Å². The molecule has 1 aliphatic rings. The lowest BCUT2D eigenvalue weighted by Crippen LogP contribution is -2.55. The molecule has 0 aromatic heterocycles. The summed E-state index contributed by atoms with van der Waals surface area (Å²) in [6.07, 6.45) is 0.727. The Morgan fingerprint density at radius 3 is 2.65 bits per heavy atom. The van der Waals surface area contributed by atoms with E-state index in [0.29, 0.717) is 17.9 Å². The molecule has 0 bridgehead atoms. The third kappa shape index (κ3) is 3.10. The number of benzene rings is 1. The van der Waals surface area contributed by atoms with Gasteiger partial charge in [0.25, 0.3) is 0 Å². The number of hydrogen-bond donors (Lipinski definition) is 2. The SMILES string of the molecule is CC(C)(C)CC1CNC(=O)N(c2cccc(N)c2)C1=O. The van der Waals surface area contributed by atoms with E-state index in [4.69, 9.17) is 5.73 Å². The molecule has 0 saturated carbocycles. The molecule has 1 fully saturated rings. The van der Waals surface area contributed by atoms with Crippen molar-refractivity contribution < 1.29 is 9.59 Å². The standard InChI is InChI=1S/C15H21N3O2/c1-15(2,3)8-10-9-17-14(20)18(13(10)19)12-6-4-5-11(16)7-12/h4-7,10H,8-9,16H2,1-3H3,(H,17,20). The number of imide groups is 1. The summed E-state index contributed by atoms with van der Waals surface area (Å²) in [6, 6.07) is 6.43. The van der Waals surface area contributed by atoms with Gasteiger partial charge in [0.05, 0.1) is 11.6 Å². The number of nitrogen functional groups attached to an aromatic ring is 1. The largest absolute Gasteiger partial charge is 0.399 e. The van der Waals surface area contributed by atoms with Crippen molar-refractivity contribution in [3.8, 4) is 0 Å². The van der Waals surface area contributed by atoms with Crippen LogP contribution in [0, 0.1) is 11.3 Å². The van der Waals surface area contributed by atoms with Crippen LogP contribution >= 0.6 is 0 Å². The summed E-state index contributed by atoms with van der Waals surface area (Å²) in [4.78, 5) is 25.7. The maximum absolute atomic E-state index is 12.5. The number of nitrogens with one attached hydrogen (secondary N) is 1. The highest BCUT2D eigenvalue weighted by Crippen LogP contribution is 2.29. The van der Waals surface area contributed by atoms with E-state index < -0.39 is 0 Å². The number of carbonyl (C=O) groups is 2. The van der Waals surface area contributed by atoms with Gasteiger partial charge >= 0.3 is 6.03 Å². The molecule has 5 nitrogen and oxygen atoms in total. The van der Waals surface area contributed by atoms with Gasteiger partial charge in [-0.05, 0) is 30.0 Å². The van der Waals surface area contributed by atoms with Gasteiger partial charge in [0, 0.05) is 12.2 Å². The van der Waals surface area contributed by atoms with E-state index in [2.05, 4.69) is 26.1 Å². The summed E-state index contributed by atoms with van der Waals surface area (Å²) in [6.45, 7) is 6.65. The highest BCUT2D eigenvalue weighted by Gasteiger charge is 2.37. The molecular weight excluding hydrogens is 254 g/mol. The summed E-state index contributed by atoms with van der Waals surface area (Å²) in [5.41, 5.74) is 6.80. The molecule has 1 unspecified atom stereocenters. The minimum absolute atomic E-state index is 0.0315. The summed E-state index contributed by atoms with van der Waals surface area (Å²) in [5.74, 6) is -0.358. The number of hydrogen-bond acceptors (Lipinski definition) is 3. The lowest BCUT2D eigenvalue weighted by Gasteiger charge is -2.34. The Balaban J connectivity index is 2.27. The normalized spacial score (nSPS) is 19.9. The van der Waals surface area contributed by atoms with E-state index in [1.165, 1.54) is 4.90 Å². The van der Waals surface area contributed by atoms with Crippen LogP contribution in [0.1, 0.15) is 27.2 Å². The van der Waals surface area contributed by atoms with Crippen LogP contribution < -0.4 is 16.0 Å². The fourth-order valence-electron chi connectivity index (χ4n) is 2.47. The highest BCUT2D eigenvalue weighted by atomic mass is 16.2. The summed E-state index contributed by atoms with van der Waals surface area (Å²) in [7, 11) is 0. The minimum atomic E-state index is -0.384. The van der Waals surface area contributed by atoms with E-state index in [9.17, 15) is 9.59 Å². The van der Waals surface area contributed by atoms with Gasteiger partial charge in [-0.15, -0.1) is 0 Å². The van der Waals surface area contributed by atoms with Gasteiger partial charge < -0.3 is 11.1 Å². The fraction of sp³-hybridized carbons (Fsp3) is 0.467. The van der Waals surface area contributed by atoms with Gasteiger partial charge in [-0.3, -0.25) is 4.79 Å². The van der Waals surface area contributed by atoms with Crippen LogP contribution in [-0.2, 0) is 4.79 Å². The van der Waals surface area contributed by atoms with Gasteiger partial charge in [0.2, 0.25) is 5.91 Å². The first kappa shape index (κ1) is 14.4. The maximum atomic E-state index is 12.5. The van der Waals surface area contributed by atoms with Crippen LogP contribution in [-0.4, -0.2) is 18.5 Å². The Bertz CT molecular complexity index is 534. The number of carbonyl (C=O) groups excluding carboxylic acids is 2. The summed E-state index contributed by atoms with van der Waals surface area (Å²) < 4.78 is 0. The average molecular weight is 275 g/mol. The Kier molecular flexibility index (Phi) is 3.70.